The van der Waals surface area contributed by atoms with Crippen LogP contribution in [0.25, 0.3) is 0 Å². The number of carbonyl (C=O) groups excluding carboxylic acids is 1. The summed E-state index contributed by atoms with van der Waals surface area (Å²) in [7, 11) is 0. The van der Waals surface area contributed by atoms with Crippen molar-refractivity contribution in [2.24, 2.45) is 11.7 Å². The molecule has 1 aliphatic heterocycles. The molecule has 0 unspecified atom stereocenters. The topological polar surface area (TPSA) is 102 Å². The molecular weight excluding hydrogens is 303 g/mol. The molecule has 0 spiro atoms. The van der Waals surface area contributed by atoms with Crippen LogP contribution in [0.2, 0.25) is 0 Å². The van der Waals surface area contributed by atoms with Crippen molar-refractivity contribution >= 4 is 17.3 Å². The predicted molar refractivity (Wildman–Crippen MR) is 84.5 cm³/mol. The van der Waals surface area contributed by atoms with Gasteiger partial charge in [-0.05, 0) is 44.5 Å². The van der Waals surface area contributed by atoms with Gasteiger partial charge in [0.15, 0.2) is 0 Å². The lowest BCUT2D eigenvalue weighted by Crippen LogP contribution is -2.41. The van der Waals surface area contributed by atoms with Crippen LogP contribution in [0, 0.1) is 21.8 Å². The second-order valence-corrected chi connectivity index (χ2v) is 5.74. The maximum atomic E-state index is 13.1. The van der Waals surface area contributed by atoms with Crippen molar-refractivity contribution in [3.8, 4) is 0 Å². The average molecular weight is 324 g/mol. The first-order valence-electron chi connectivity index (χ1n) is 7.67. The fourth-order valence-corrected chi connectivity index (χ4v) is 2.82. The van der Waals surface area contributed by atoms with Crippen LogP contribution in [-0.2, 0) is 4.79 Å². The van der Waals surface area contributed by atoms with Gasteiger partial charge >= 0.3 is 0 Å². The van der Waals surface area contributed by atoms with E-state index < -0.39 is 10.7 Å². The van der Waals surface area contributed by atoms with Gasteiger partial charge < -0.3 is 16.0 Å². The molecule has 0 radical (unpaired) electrons. The van der Waals surface area contributed by atoms with E-state index in [2.05, 4.69) is 10.2 Å². The highest BCUT2D eigenvalue weighted by Gasteiger charge is 2.23. The molecule has 1 amide bonds. The van der Waals surface area contributed by atoms with Crippen LogP contribution in [-0.4, -0.2) is 41.9 Å². The maximum Gasteiger partial charge on any atom is 0.295 e. The first-order valence-corrected chi connectivity index (χ1v) is 7.67. The summed E-state index contributed by atoms with van der Waals surface area (Å²) in [6, 6.07) is 3.47. The van der Waals surface area contributed by atoms with Gasteiger partial charge in [-0.1, -0.05) is 0 Å². The minimum Gasteiger partial charge on any atom is -0.379 e. The van der Waals surface area contributed by atoms with Gasteiger partial charge in [0.1, 0.15) is 11.5 Å². The third-order valence-corrected chi connectivity index (χ3v) is 4.03. The molecule has 0 aliphatic carbocycles. The number of nitro benzene ring substituents is 1. The van der Waals surface area contributed by atoms with Crippen molar-refractivity contribution in [3.05, 3.63) is 34.1 Å². The fourth-order valence-electron chi connectivity index (χ4n) is 2.82. The summed E-state index contributed by atoms with van der Waals surface area (Å²) in [6.07, 6.45) is 2.55. The van der Waals surface area contributed by atoms with Crippen LogP contribution >= 0.6 is 0 Å². The average Bonchev–Trinajstić information content (AvgIpc) is 2.52. The first kappa shape index (κ1) is 17.1. The lowest BCUT2D eigenvalue weighted by atomic mass is 9.97. The van der Waals surface area contributed by atoms with E-state index in [1.807, 2.05) is 0 Å². The number of nitrogens with two attached hydrogens (primary N) is 1. The zero-order valence-electron chi connectivity index (χ0n) is 12.8. The van der Waals surface area contributed by atoms with Crippen molar-refractivity contribution in [2.75, 3.05) is 31.5 Å². The Labute approximate surface area is 133 Å². The number of amides is 1. The van der Waals surface area contributed by atoms with Gasteiger partial charge in [-0.2, -0.15) is 0 Å². The van der Waals surface area contributed by atoms with Crippen molar-refractivity contribution in [2.45, 2.75) is 19.3 Å². The molecule has 1 fully saturated rings. The Kier molecular flexibility index (Phi) is 5.86. The van der Waals surface area contributed by atoms with E-state index in [1.165, 1.54) is 12.1 Å². The molecular formula is C15H21FN4O3. The molecule has 1 atom stereocenters. The minimum atomic E-state index is -0.631. The molecule has 8 heteroatoms. The zero-order valence-corrected chi connectivity index (χ0v) is 12.8. The third kappa shape index (κ3) is 4.88. The summed E-state index contributed by atoms with van der Waals surface area (Å²) in [4.78, 5) is 23.7. The van der Waals surface area contributed by atoms with Gasteiger partial charge in [0.05, 0.1) is 16.9 Å². The number of anilines is 1. The van der Waals surface area contributed by atoms with E-state index in [9.17, 15) is 19.3 Å². The van der Waals surface area contributed by atoms with Gasteiger partial charge in [0.25, 0.3) is 5.69 Å². The summed E-state index contributed by atoms with van der Waals surface area (Å²) in [5, 5.41) is 13.9. The molecule has 2 rings (SSSR count). The highest BCUT2D eigenvalue weighted by molar-refractivity contribution is 5.76. The highest BCUT2D eigenvalue weighted by Crippen LogP contribution is 2.25. The van der Waals surface area contributed by atoms with Crippen LogP contribution < -0.4 is 11.1 Å². The minimum absolute atomic E-state index is 0.0881. The fraction of sp³-hybridized carbons (Fsp3) is 0.533. The number of likely N-dealkylation sites (tertiary alicyclic amines) is 1. The third-order valence-electron chi connectivity index (χ3n) is 4.03. The number of nitrogens with zero attached hydrogens (tertiary/aromatic N) is 2. The number of hydrogen-bond donors (Lipinski definition) is 2. The zero-order chi connectivity index (χ0) is 16.8. The molecule has 7 nitrogen and oxygen atoms in total. The van der Waals surface area contributed by atoms with Crippen molar-refractivity contribution in [1.29, 1.82) is 0 Å². The molecule has 3 N–H and O–H groups in total. The summed E-state index contributed by atoms with van der Waals surface area (Å²) in [5.74, 6) is -0.974. The Balaban J connectivity index is 1.79. The van der Waals surface area contributed by atoms with E-state index in [0.717, 1.165) is 38.4 Å². The second-order valence-electron chi connectivity index (χ2n) is 5.74. The number of rotatable bonds is 7. The van der Waals surface area contributed by atoms with E-state index in [4.69, 9.17) is 5.73 Å². The Morgan fingerprint density at radius 1 is 1.52 bits per heavy atom. The lowest BCUT2D eigenvalue weighted by molar-refractivity contribution is -0.384. The molecule has 0 aromatic heterocycles. The molecule has 1 aromatic rings. The summed E-state index contributed by atoms with van der Waals surface area (Å²) < 4.78 is 13.1. The molecule has 0 bridgehead atoms. The summed E-state index contributed by atoms with van der Waals surface area (Å²) in [6.45, 7) is 2.92. The van der Waals surface area contributed by atoms with Crippen LogP contribution in [0.15, 0.2) is 18.2 Å². The van der Waals surface area contributed by atoms with Crippen molar-refractivity contribution < 1.29 is 14.1 Å². The van der Waals surface area contributed by atoms with Gasteiger partial charge in [-0.3, -0.25) is 14.9 Å². The van der Waals surface area contributed by atoms with Crippen LogP contribution in [0.3, 0.4) is 0 Å². The number of halogens is 1. The summed E-state index contributed by atoms with van der Waals surface area (Å²) >= 11 is 0. The number of carbonyl (C=O) groups is 1. The molecule has 23 heavy (non-hydrogen) atoms. The Hall–Kier alpha value is -2.22. The SMILES string of the molecule is NC(=O)[C@H]1CCCN(CCCNc2ccc(F)cc2[N+](=O)[O-])C1. The number of nitrogens with one attached hydrogen (secondary N) is 1. The Bertz CT molecular complexity index is 582. The van der Waals surface area contributed by atoms with E-state index in [-0.39, 0.29) is 17.5 Å². The second kappa shape index (κ2) is 7.87. The van der Waals surface area contributed by atoms with Gasteiger partial charge in [-0.25, -0.2) is 4.39 Å². The van der Waals surface area contributed by atoms with E-state index in [0.29, 0.717) is 18.8 Å². The first-order chi connectivity index (χ1) is 11.0. The van der Waals surface area contributed by atoms with E-state index in [1.54, 1.807) is 0 Å². The van der Waals surface area contributed by atoms with Crippen LogP contribution in [0.5, 0.6) is 0 Å². The quantitative estimate of drug-likeness (QED) is 0.452. The standard InChI is InChI=1S/C15H21FN4O3/c16-12-4-5-13(14(9-12)20(22)23)18-6-2-8-19-7-1-3-11(10-19)15(17)21/h4-5,9,11,18H,1-3,6-8,10H2,(H2,17,21)/t11-/m0/s1. The summed E-state index contributed by atoms with van der Waals surface area (Å²) in [5.41, 5.74) is 5.39. The number of piperidine rings is 1. The largest absolute Gasteiger partial charge is 0.379 e. The highest BCUT2D eigenvalue weighted by atomic mass is 19.1. The van der Waals surface area contributed by atoms with Crippen LogP contribution in [0.4, 0.5) is 15.8 Å². The van der Waals surface area contributed by atoms with Crippen molar-refractivity contribution in [3.63, 3.8) is 0 Å². The number of benzene rings is 1. The maximum absolute atomic E-state index is 13.1. The molecule has 1 heterocycles. The molecule has 1 aliphatic rings. The smallest absolute Gasteiger partial charge is 0.295 e. The number of hydrogen-bond acceptors (Lipinski definition) is 5. The molecule has 1 aromatic carbocycles. The lowest BCUT2D eigenvalue weighted by Gasteiger charge is -2.31. The molecule has 1 saturated heterocycles. The van der Waals surface area contributed by atoms with Crippen molar-refractivity contribution in [1.82, 2.24) is 4.90 Å². The predicted octanol–water partition coefficient (Wildman–Crippen LogP) is 1.73. The van der Waals surface area contributed by atoms with Crippen LogP contribution in [0.1, 0.15) is 19.3 Å². The number of primary amides is 1. The monoisotopic (exact) mass is 324 g/mol. The molecule has 126 valence electrons. The normalized spacial score (nSPS) is 18.6. The molecule has 0 saturated carbocycles. The van der Waals surface area contributed by atoms with E-state index >= 15 is 0 Å². The van der Waals surface area contributed by atoms with Gasteiger partial charge in [0.2, 0.25) is 5.91 Å². The van der Waals surface area contributed by atoms with Gasteiger partial charge in [0, 0.05) is 13.1 Å². The Morgan fingerprint density at radius 3 is 3.00 bits per heavy atom. The number of nitro groups is 1. The van der Waals surface area contributed by atoms with Gasteiger partial charge in [-0.15, -0.1) is 0 Å². The Morgan fingerprint density at radius 2 is 2.30 bits per heavy atom.